The van der Waals surface area contributed by atoms with Gasteiger partial charge in [0.2, 0.25) is 10.0 Å². The first-order valence-corrected chi connectivity index (χ1v) is 10.6. The number of aromatic hydroxyl groups is 1. The lowest BCUT2D eigenvalue weighted by molar-refractivity contribution is 0.0694. The van der Waals surface area contributed by atoms with Gasteiger partial charge >= 0.3 is 0 Å². The monoisotopic (exact) mass is 424 g/mol. The molecule has 0 aromatic heterocycles. The van der Waals surface area contributed by atoms with E-state index in [1.165, 1.54) is 11.0 Å². The van der Waals surface area contributed by atoms with Gasteiger partial charge in [-0.1, -0.05) is 19.9 Å². The van der Waals surface area contributed by atoms with Crippen LogP contribution in [0.1, 0.15) is 35.7 Å². The van der Waals surface area contributed by atoms with Crippen LogP contribution in [0, 0.1) is 11.6 Å². The zero-order valence-electron chi connectivity index (χ0n) is 16.1. The first-order chi connectivity index (χ1) is 13.6. The van der Waals surface area contributed by atoms with Crippen LogP contribution in [0.15, 0.2) is 41.3 Å². The van der Waals surface area contributed by atoms with E-state index in [4.69, 9.17) is 0 Å². The van der Waals surface area contributed by atoms with Gasteiger partial charge in [-0.3, -0.25) is 4.79 Å². The topological polar surface area (TPSA) is 77.9 Å². The lowest BCUT2D eigenvalue weighted by atomic mass is 9.99. The van der Waals surface area contributed by atoms with Crippen LogP contribution in [0.5, 0.6) is 5.75 Å². The SMILES string of the molecule is CC(C)c1ccc(O)c(C(=O)N2CCN(S(=O)(=O)c3cc(F)ccc3F)CC2)c1. The summed E-state index contributed by atoms with van der Waals surface area (Å²) in [4.78, 5) is 13.5. The minimum Gasteiger partial charge on any atom is -0.507 e. The summed E-state index contributed by atoms with van der Waals surface area (Å²) in [6.45, 7) is 3.95. The van der Waals surface area contributed by atoms with Gasteiger partial charge in [0, 0.05) is 26.2 Å². The maximum absolute atomic E-state index is 13.9. The Morgan fingerprint density at radius 3 is 2.31 bits per heavy atom. The molecule has 0 saturated carbocycles. The van der Waals surface area contributed by atoms with Crippen LogP contribution in [0.2, 0.25) is 0 Å². The number of carbonyl (C=O) groups is 1. The van der Waals surface area contributed by atoms with Gasteiger partial charge in [-0.2, -0.15) is 4.31 Å². The molecule has 1 heterocycles. The average Bonchev–Trinajstić information content (AvgIpc) is 2.69. The number of halogens is 2. The van der Waals surface area contributed by atoms with Crippen molar-refractivity contribution in [3.8, 4) is 5.75 Å². The van der Waals surface area contributed by atoms with Crippen molar-refractivity contribution in [2.75, 3.05) is 26.2 Å². The number of carbonyl (C=O) groups excluding carboxylic acids is 1. The second-order valence-electron chi connectivity index (χ2n) is 7.20. The van der Waals surface area contributed by atoms with Crippen molar-refractivity contribution in [1.82, 2.24) is 9.21 Å². The highest BCUT2D eigenvalue weighted by Gasteiger charge is 2.33. The Bertz CT molecular complexity index is 1030. The van der Waals surface area contributed by atoms with E-state index in [1.54, 1.807) is 12.1 Å². The zero-order valence-corrected chi connectivity index (χ0v) is 16.9. The van der Waals surface area contributed by atoms with E-state index in [1.807, 2.05) is 13.8 Å². The predicted molar refractivity (Wildman–Crippen MR) is 103 cm³/mol. The van der Waals surface area contributed by atoms with Crippen molar-refractivity contribution < 1.29 is 27.1 Å². The Kier molecular flexibility index (Phi) is 5.90. The zero-order chi connectivity index (χ0) is 21.3. The summed E-state index contributed by atoms with van der Waals surface area (Å²) in [5.41, 5.74) is 1.05. The van der Waals surface area contributed by atoms with E-state index in [9.17, 15) is 27.1 Å². The second kappa shape index (κ2) is 8.08. The highest BCUT2D eigenvalue weighted by molar-refractivity contribution is 7.89. The molecule has 1 aliphatic heterocycles. The molecule has 1 saturated heterocycles. The number of benzene rings is 2. The summed E-state index contributed by atoms with van der Waals surface area (Å²) in [6.07, 6.45) is 0. The number of phenolic OH excluding ortho intramolecular Hbond substituents is 1. The first-order valence-electron chi connectivity index (χ1n) is 9.18. The Morgan fingerprint density at radius 1 is 1.03 bits per heavy atom. The van der Waals surface area contributed by atoms with Crippen LogP contribution in [0.4, 0.5) is 8.78 Å². The summed E-state index contributed by atoms with van der Waals surface area (Å²) >= 11 is 0. The normalized spacial score (nSPS) is 15.7. The van der Waals surface area contributed by atoms with Crippen LogP contribution in [-0.4, -0.2) is 54.8 Å². The van der Waals surface area contributed by atoms with Crippen LogP contribution in [0.25, 0.3) is 0 Å². The maximum atomic E-state index is 13.9. The third kappa shape index (κ3) is 4.25. The van der Waals surface area contributed by atoms with Gasteiger partial charge in [0.05, 0.1) is 5.56 Å². The summed E-state index contributed by atoms with van der Waals surface area (Å²) in [7, 11) is -4.22. The molecule has 1 N–H and O–H groups in total. The fraction of sp³-hybridized carbons (Fsp3) is 0.350. The molecule has 2 aromatic rings. The quantitative estimate of drug-likeness (QED) is 0.819. The summed E-state index contributed by atoms with van der Waals surface area (Å²) in [5, 5.41) is 10.1. The minimum absolute atomic E-state index is 0.0609. The molecule has 3 rings (SSSR count). The minimum atomic E-state index is -4.22. The molecule has 29 heavy (non-hydrogen) atoms. The molecule has 1 aliphatic rings. The lowest BCUT2D eigenvalue weighted by Crippen LogP contribution is -2.50. The lowest BCUT2D eigenvalue weighted by Gasteiger charge is -2.34. The maximum Gasteiger partial charge on any atom is 0.257 e. The third-order valence-corrected chi connectivity index (χ3v) is 6.87. The molecular weight excluding hydrogens is 402 g/mol. The van der Waals surface area contributed by atoms with Crippen molar-refractivity contribution in [3.05, 3.63) is 59.2 Å². The Balaban J connectivity index is 1.76. The van der Waals surface area contributed by atoms with Crippen molar-refractivity contribution in [1.29, 1.82) is 0 Å². The van der Waals surface area contributed by atoms with E-state index in [-0.39, 0.29) is 43.4 Å². The number of nitrogens with zero attached hydrogens (tertiary/aromatic N) is 2. The standard InChI is InChI=1S/C20H22F2N2O4S/c1-13(2)14-3-6-18(25)16(11-14)20(26)23-7-9-24(10-8-23)29(27,28)19-12-15(21)4-5-17(19)22/h3-6,11-13,25H,7-10H2,1-2H3. The van der Waals surface area contributed by atoms with E-state index in [0.717, 1.165) is 22.0 Å². The number of amides is 1. The molecule has 0 aliphatic carbocycles. The Hall–Kier alpha value is -2.52. The molecule has 0 radical (unpaired) electrons. The Labute approximate surface area is 168 Å². The molecule has 0 spiro atoms. The number of phenols is 1. The van der Waals surface area contributed by atoms with E-state index in [2.05, 4.69) is 0 Å². The fourth-order valence-electron chi connectivity index (χ4n) is 3.20. The highest BCUT2D eigenvalue weighted by atomic mass is 32.2. The summed E-state index contributed by atoms with van der Waals surface area (Å²) in [6, 6.07) is 7.12. The van der Waals surface area contributed by atoms with Crippen LogP contribution >= 0.6 is 0 Å². The van der Waals surface area contributed by atoms with Gasteiger partial charge in [-0.25, -0.2) is 17.2 Å². The number of sulfonamides is 1. The van der Waals surface area contributed by atoms with Crippen LogP contribution in [0.3, 0.4) is 0 Å². The molecular formula is C20H22F2N2O4S. The first kappa shape index (κ1) is 21.2. The number of piperazine rings is 1. The number of hydrogen-bond donors (Lipinski definition) is 1. The fourth-order valence-corrected chi connectivity index (χ4v) is 4.70. The van der Waals surface area contributed by atoms with Gasteiger partial charge in [0.1, 0.15) is 22.3 Å². The van der Waals surface area contributed by atoms with Crippen LogP contribution < -0.4 is 0 Å². The van der Waals surface area contributed by atoms with Gasteiger partial charge in [0.15, 0.2) is 0 Å². The Morgan fingerprint density at radius 2 is 1.69 bits per heavy atom. The number of rotatable bonds is 4. The van der Waals surface area contributed by atoms with Gasteiger partial charge < -0.3 is 10.0 Å². The second-order valence-corrected chi connectivity index (χ2v) is 9.11. The van der Waals surface area contributed by atoms with Crippen molar-refractivity contribution >= 4 is 15.9 Å². The van der Waals surface area contributed by atoms with Crippen molar-refractivity contribution in [2.45, 2.75) is 24.7 Å². The van der Waals surface area contributed by atoms with Crippen molar-refractivity contribution in [2.24, 2.45) is 0 Å². The smallest absolute Gasteiger partial charge is 0.257 e. The van der Waals surface area contributed by atoms with E-state index < -0.39 is 32.5 Å². The molecule has 2 aromatic carbocycles. The molecule has 6 nitrogen and oxygen atoms in total. The summed E-state index contributed by atoms with van der Waals surface area (Å²) in [5.74, 6) is -2.25. The van der Waals surface area contributed by atoms with Gasteiger partial charge in [0.25, 0.3) is 5.91 Å². The van der Waals surface area contributed by atoms with Gasteiger partial charge in [-0.05, 0) is 41.8 Å². The third-order valence-electron chi connectivity index (χ3n) is 4.95. The molecule has 0 atom stereocenters. The summed E-state index contributed by atoms with van der Waals surface area (Å²) < 4.78 is 53.7. The number of hydrogen-bond acceptors (Lipinski definition) is 4. The average molecular weight is 424 g/mol. The van der Waals surface area contributed by atoms with Crippen LogP contribution in [-0.2, 0) is 10.0 Å². The highest BCUT2D eigenvalue weighted by Crippen LogP contribution is 2.26. The molecule has 156 valence electrons. The molecule has 1 fully saturated rings. The molecule has 0 unspecified atom stereocenters. The van der Waals surface area contributed by atoms with E-state index in [0.29, 0.717) is 6.07 Å². The molecule has 0 bridgehead atoms. The molecule has 9 heteroatoms. The largest absolute Gasteiger partial charge is 0.507 e. The predicted octanol–water partition coefficient (Wildman–Crippen LogP) is 2.94. The van der Waals surface area contributed by atoms with E-state index >= 15 is 0 Å². The van der Waals surface area contributed by atoms with Crippen molar-refractivity contribution in [3.63, 3.8) is 0 Å². The molecule has 1 amide bonds. The van der Waals surface area contributed by atoms with Gasteiger partial charge in [-0.15, -0.1) is 0 Å².